The maximum atomic E-state index is 12.1. The number of carbonyl (C=O) groups excluding carboxylic acids is 1. The molecule has 0 saturated heterocycles. The van der Waals surface area contributed by atoms with E-state index in [9.17, 15) is 4.79 Å². The van der Waals surface area contributed by atoms with Crippen LogP contribution in [0.2, 0.25) is 0 Å². The quantitative estimate of drug-likeness (QED) is 0.0454. The van der Waals surface area contributed by atoms with Crippen LogP contribution in [0.3, 0.4) is 0 Å². The topological polar surface area (TPSA) is 26.3 Å². The third-order valence-electron chi connectivity index (χ3n) is 12.5. The standard InChI is InChI=1S/C53H106O2/c1-3-5-7-9-11-13-15-17-19-21-23-25-27-28-30-32-34-36-38-40-42-44-46-48-50-52-55-53(54)51-49-47-45-43-41-39-37-35-33-31-29-26-24-22-20-18-16-14-12-10-8-6-4-2/h3-52H2,1-2H3. The van der Waals surface area contributed by atoms with Gasteiger partial charge in [-0.25, -0.2) is 0 Å². The van der Waals surface area contributed by atoms with Gasteiger partial charge in [-0.05, 0) is 12.8 Å². The Morgan fingerprint density at radius 1 is 0.236 bits per heavy atom. The first-order valence-electron chi connectivity index (χ1n) is 26.5. The fourth-order valence-corrected chi connectivity index (χ4v) is 8.55. The van der Waals surface area contributed by atoms with E-state index in [1.807, 2.05) is 0 Å². The number of hydrogen-bond acceptors (Lipinski definition) is 2. The van der Waals surface area contributed by atoms with E-state index >= 15 is 0 Å². The van der Waals surface area contributed by atoms with Gasteiger partial charge in [0.05, 0.1) is 6.61 Å². The summed E-state index contributed by atoms with van der Waals surface area (Å²) >= 11 is 0. The van der Waals surface area contributed by atoms with E-state index in [0.717, 1.165) is 12.8 Å². The van der Waals surface area contributed by atoms with Crippen molar-refractivity contribution in [2.24, 2.45) is 0 Å². The molecule has 0 aliphatic carbocycles. The summed E-state index contributed by atoms with van der Waals surface area (Å²) in [7, 11) is 0. The zero-order valence-electron chi connectivity index (χ0n) is 38.7. The van der Waals surface area contributed by atoms with Crippen molar-refractivity contribution >= 4 is 5.97 Å². The maximum absolute atomic E-state index is 12.1. The number of carbonyl (C=O) groups is 1. The van der Waals surface area contributed by atoms with Gasteiger partial charge in [0.1, 0.15) is 0 Å². The average molecular weight is 775 g/mol. The van der Waals surface area contributed by atoms with E-state index < -0.39 is 0 Å². The molecule has 0 heterocycles. The molecule has 0 bridgehead atoms. The molecule has 0 aliphatic rings. The van der Waals surface area contributed by atoms with Crippen LogP contribution in [0.4, 0.5) is 0 Å². The van der Waals surface area contributed by atoms with Gasteiger partial charge >= 0.3 is 5.97 Å². The molecule has 0 N–H and O–H groups in total. The predicted molar refractivity (Wildman–Crippen MR) is 249 cm³/mol. The van der Waals surface area contributed by atoms with Gasteiger partial charge < -0.3 is 4.74 Å². The molecule has 0 saturated carbocycles. The minimum absolute atomic E-state index is 0.0350. The van der Waals surface area contributed by atoms with Gasteiger partial charge in [0.2, 0.25) is 0 Å². The van der Waals surface area contributed by atoms with E-state index in [1.54, 1.807) is 0 Å². The molecule has 2 heteroatoms. The fourth-order valence-electron chi connectivity index (χ4n) is 8.55. The van der Waals surface area contributed by atoms with Gasteiger partial charge in [-0.1, -0.05) is 309 Å². The number of unbranched alkanes of at least 4 members (excludes halogenated alkanes) is 46. The van der Waals surface area contributed by atoms with Crippen LogP contribution in [-0.2, 0) is 9.53 Å². The molecule has 55 heavy (non-hydrogen) atoms. The van der Waals surface area contributed by atoms with Crippen LogP contribution in [0.5, 0.6) is 0 Å². The van der Waals surface area contributed by atoms with E-state index in [-0.39, 0.29) is 5.97 Å². The van der Waals surface area contributed by atoms with E-state index in [0.29, 0.717) is 13.0 Å². The molecule has 0 unspecified atom stereocenters. The summed E-state index contributed by atoms with van der Waals surface area (Å²) in [6.45, 7) is 5.24. The van der Waals surface area contributed by atoms with Gasteiger partial charge in [-0.2, -0.15) is 0 Å². The summed E-state index contributed by atoms with van der Waals surface area (Å²) < 4.78 is 5.50. The van der Waals surface area contributed by atoms with Crippen molar-refractivity contribution in [2.75, 3.05) is 6.61 Å². The zero-order valence-corrected chi connectivity index (χ0v) is 38.7. The van der Waals surface area contributed by atoms with Crippen molar-refractivity contribution in [1.82, 2.24) is 0 Å². The van der Waals surface area contributed by atoms with E-state index in [4.69, 9.17) is 4.74 Å². The smallest absolute Gasteiger partial charge is 0.305 e. The molecule has 0 atom stereocenters. The first-order chi connectivity index (χ1) is 27.3. The molecule has 330 valence electrons. The van der Waals surface area contributed by atoms with E-state index in [1.165, 1.54) is 295 Å². The van der Waals surface area contributed by atoms with Gasteiger partial charge in [0.15, 0.2) is 0 Å². The number of esters is 1. The highest BCUT2D eigenvalue weighted by Gasteiger charge is 2.03. The minimum Gasteiger partial charge on any atom is -0.466 e. The molecular weight excluding hydrogens is 669 g/mol. The second-order valence-electron chi connectivity index (χ2n) is 18.2. The summed E-state index contributed by atoms with van der Waals surface area (Å²) in [5.74, 6) is 0.0350. The van der Waals surface area contributed by atoms with Crippen LogP contribution in [0.1, 0.15) is 328 Å². The molecule has 2 nitrogen and oxygen atoms in total. The molecule has 0 fully saturated rings. The van der Waals surface area contributed by atoms with Crippen LogP contribution in [0.25, 0.3) is 0 Å². The van der Waals surface area contributed by atoms with Crippen molar-refractivity contribution < 1.29 is 9.53 Å². The molecule has 0 rings (SSSR count). The Balaban J connectivity index is 3.14. The Labute approximate surface area is 349 Å². The molecule has 0 aliphatic heterocycles. The number of ether oxygens (including phenoxy) is 1. The van der Waals surface area contributed by atoms with Crippen LogP contribution in [0, 0.1) is 0 Å². The monoisotopic (exact) mass is 775 g/mol. The van der Waals surface area contributed by atoms with Crippen LogP contribution in [0.15, 0.2) is 0 Å². The largest absolute Gasteiger partial charge is 0.466 e. The highest BCUT2D eigenvalue weighted by atomic mass is 16.5. The van der Waals surface area contributed by atoms with Crippen molar-refractivity contribution in [3.63, 3.8) is 0 Å². The Hall–Kier alpha value is -0.530. The SMILES string of the molecule is CCCCCCCCCCCCCCCCCCCCCCCCCCCOC(=O)CCCCCCCCCCCCCCCCCCCCCCCCC. The van der Waals surface area contributed by atoms with Crippen molar-refractivity contribution in [3.8, 4) is 0 Å². The lowest BCUT2D eigenvalue weighted by Crippen LogP contribution is -2.05. The summed E-state index contributed by atoms with van der Waals surface area (Å²) in [5, 5.41) is 0. The summed E-state index contributed by atoms with van der Waals surface area (Å²) in [6.07, 6.45) is 68.3. The second kappa shape index (κ2) is 51.5. The van der Waals surface area contributed by atoms with Gasteiger partial charge in [-0.3, -0.25) is 4.79 Å². The summed E-state index contributed by atoms with van der Waals surface area (Å²) in [6, 6.07) is 0. The van der Waals surface area contributed by atoms with Crippen LogP contribution < -0.4 is 0 Å². The highest BCUT2D eigenvalue weighted by Crippen LogP contribution is 2.18. The first kappa shape index (κ1) is 54.5. The lowest BCUT2D eigenvalue weighted by Gasteiger charge is -2.06. The summed E-state index contributed by atoms with van der Waals surface area (Å²) in [5.41, 5.74) is 0. The van der Waals surface area contributed by atoms with Gasteiger partial charge in [-0.15, -0.1) is 0 Å². The molecule has 0 spiro atoms. The maximum Gasteiger partial charge on any atom is 0.305 e. The second-order valence-corrected chi connectivity index (χ2v) is 18.2. The number of hydrogen-bond donors (Lipinski definition) is 0. The lowest BCUT2D eigenvalue weighted by molar-refractivity contribution is -0.143. The Morgan fingerprint density at radius 3 is 0.600 bits per heavy atom. The number of rotatable bonds is 50. The molecule has 0 radical (unpaired) electrons. The van der Waals surface area contributed by atoms with Crippen molar-refractivity contribution in [1.29, 1.82) is 0 Å². The van der Waals surface area contributed by atoms with Crippen LogP contribution in [-0.4, -0.2) is 12.6 Å². The average Bonchev–Trinajstić information content (AvgIpc) is 3.19. The van der Waals surface area contributed by atoms with Crippen molar-refractivity contribution in [3.05, 3.63) is 0 Å². The van der Waals surface area contributed by atoms with Gasteiger partial charge in [0, 0.05) is 6.42 Å². The Bertz CT molecular complexity index is 673. The third-order valence-corrected chi connectivity index (χ3v) is 12.5. The molecule has 0 aromatic carbocycles. The molecule has 0 aromatic heterocycles. The third kappa shape index (κ3) is 51.5. The van der Waals surface area contributed by atoms with Crippen LogP contribution >= 0.6 is 0 Å². The van der Waals surface area contributed by atoms with E-state index in [2.05, 4.69) is 13.8 Å². The Morgan fingerprint density at radius 2 is 0.400 bits per heavy atom. The highest BCUT2D eigenvalue weighted by molar-refractivity contribution is 5.69. The normalized spacial score (nSPS) is 11.5. The predicted octanol–water partition coefficient (Wildman–Crippen LogP) is 19.7. The molecular formula is C53H106O2. The fraction of sp³-hybridized carbons (Fsp3) is 0.981. The molecule has 0 aromatic rings. The van der Waals surface area contributed by atoms with Crippen molar-refractivity contribution in [2.45, 2.75) is 328 Å². The molecule has 0 amide bonds. The summed E-state index contributed by atoms with van der Waals surface area (Å²) in [4.78, 5) is 12.1. The lowest BCUT2D eigenvalue weighted by atomic mass is 10.0. The van der Waals surface area contributed by atoms with Gasteiger partial charge in [0.25, 0.3) is 0 Å². The minimum atomic E-state index is 0.0350. The Kier molecular flexibility index (Phi) is 51.0. The first-order valence-corrected chi connectivity index (χ1v) is 26.5. The zero-order chi connectivity index (χ0) is 39.6.